The average Bonchev–Trinajstić information content (AvgIpc) is 2.34. The molecule has 0 aromatic heterocycles. The molecule has 0 amide bonds. The van der Waals surface area contributed by atoms with Gasteiger partial charge in [-0.1, -0.05) is 16.7 Å². The molecular weight excluding hydrogens is 258 g/mol. The van der Waals surface area contributed by atoms with Crippen molar-refractivity contribution >= 4 is 17.6 Å². The molecule has 6 nitrogen and oxygen atoms in total. The topological polar surface area (TPSA) is 84.3 Å². The Bertz CT molecular complexity index is 439. The number of rotatable bonds is 6. The maximum Gasteiger partial charge on any atom is 0.303 e. The Morgan fingerprint density at radius 2 is 2.17 bits per heavy atom. The van der Waals surface area contributed by atoms with Gasteiger partial charge in [0.15, 0.2) is 0 Å². The van der Waals surface area contributed by atoms with E-state index in [0.29, 0.717) is 10.8 Å². The number of azide groups is 1. The molecule has 1 aromatic rings. The van der Waals surface area contributed by atoms with Crippen molar-refractivity contribution in [3.05, 3.63) is 39.7 Å². The van der Waals surface area contributed by atoms with Crippen LogP contribution in [0.4, 0.5) is 0 Å². The summed E-state index contributed by atoms with van der Waals surface area (Å²) < 4.78 is 10.3. The van der Waals surface area contributed by atoms with Gasteiger partial charge in [0, 0.05) is 16.9 Å². The Morgan fingerprint density at radius 3 is 2.72 bits per heavy atom. The van der Waals surface area contributed by atoms with Gasteiger partial charge in [-0.3, -0.25) is 4.79 Å². The summed E-state index contributed by atoms with van der Waals surface area (Å²) in [7, 11) is 0. The molecule has 0 heterocycles. The Balaban J connectivity index is 2.52. The lowest BCUT2D eigenvalue weighted by Crippen LogP contribution is -2.26. The number of hydrogen-bond donors (Lipinski definition) is 0. The van der Waals surface area contributed by atoms with Gasteiger partial charge in [0.2, 0.25) is 0 Å². The number of carbonyl (C=O) groups excluding carboxylic acids is 1. The zero-order valence-electron chi connectivity index (χ0n) is 9.75. The van der Waals surface area contributed by atoms with Crippen molar-refractivity contribution in [2.75, 3.05) is 13.2 Å². The lowest BCUT2D eigenvalue weighted by atomic mass is 10.3. The lowest BCUT2D eigenvalue weighted by Gasteiger charge is -2.15. The van der Waals surface area contributed by atoms with Crippen LogP contribution in [0, 0.1) is 0 Å². The highest BCUT2D eigenvalue weighted by molar-refractivity contribution is 6.30. The zero-order valence-corrected chi connectivity index (χ0v) is 10.5. The van der Waals surface area contributed by atoms with Crippen molar-refractivity contribution < 1.29 is 14.3 Å². The van der Waals surface area contributed by atoms with Crippen LogP contribution in [0.3, 0.4) is 0 Å². The Labute approximate surface area is 109 Å². The second-order valence-electron chi connectivity index (χ2n) is 3.41. The summed E-state index contributed by atoms with van der Waals surface area (Å²) in [4.78, 5) is 13.5. The van der Waals surface area contributed by atoms with Gasteiger partial charge in [0.1, 0.15) is 18.5 Å². The standard InChI is InChI=1S/C11H12ClN3O3/c1-8(16)18-11(6-14-15-13)7-17-10-4-2-9(12)3-5-10/h2-5,11H,6-7H2,1H3/t11-/m1/s1. The number of benzene rings is 1. The molecule has 7 heteroatoms. The molecule has 0 aliphatic heterocycles. The first-order chi connectivity index (χ1) is 8.61. The Kier molecular flexibility index (Phi) is 5.84. The highest BCUT2D eigenvalue weighted by Gasteiger charge is 2.12. The molecule has 0 saturated carbocycles. The zero-order chi connectivity index (χ0) is 13.4. The molecule has 0 saturated heterocycles. The van der Waals surface area contributed by atoms with Crippen LogP contribution in [0.5, 0.6) is 5.75 Å². The SMILES string of the molecule is CC(=O)O[C@H](CN=[N+]=[N-])COc1ccc(Cl)cc1. The molecule has 0 unspecified atom stereocenters. The molecule has 0 aliphatic rings. The van der Waals surface area contributed by atoms with E-state index in [2.05, 4.69) is 10.0 Å². The molecule has 18 heavy (non-hydrogen) atoms. The highest BCUT2D eigenvalue weighted by atomic mass is 35.5. The molecule has 0 aliphatic carbocycles. The van der Waals surface area contributed by atoms with Gasteiger partial charge in [-0.15, -0.1) is 0 Å². The summed E-state index contributed by atoms with van der Waals surface area (Å²) in [6.45, 7) is 1.43. The second kappa shape index (κ2) is 7.42. The maximum absolute atomic E-state index is 10.8. The summed E-state index contributed by atoms with van der Waals surface area (Å²) in [6, 6.07) is 6.76. The van der Waals surface area contributed by atoms with Crippen molar-refractivity contribution in [1.82, 2.24) is 0 Å². The molecule has 1 aromatic carbocycles. The molecule has 96 valence electrons. The molecule has 0 bridgehead atoms. The number of esters is 1. The Morgan fingerprint density at radius 1 is 1.50 bits per heavy atom. The highest BCUT2D eigenvalue weighted by Crippen LogP contribution is 2.15. The van der Waals surface area contributed by atoms with E-state index in [1.807, 2.05) is 0 Å². The van der Waals surface area contributed by atoms with Crippen LogP contribution < -0.4 is 4.74 Å². The van der Waals surface area contributed by atoms with Gasteiger partial charge in [-0.25, -0.2) is 0 Å². The summed E-state index contributed by atoms with van der Waals surface area (Å²) in [5.41, 5.74) is 8.23. The minimum absolute atomic E-state index is 0.0314. The van der Waals surface area contributed by atoms with Crippen LogP contribution in [-0.2, 0) is 9.53 Å². The molecule has 0 spiro atoms. The maximum atomic E-state index is 10.8. The summed E-state index contributed by atoms with van der Waals surface area (Å²) in [5, 5.41) is 3.96. The van der Waals surface area contributed by atoms with Crippen LogP contribution in [-0.4, -0.2) is 25.2 Å². The minimum Gasteiger partial charge on any atom is -0.490 e. The first-order valence-corrected chi connectivity index (χ1v) is 5.56. The van der Waals surface area contributed by atoms with E-state index in [9.17, 15) is 4.79 Å². The van der Waals surface area contributed by atoms with Crippen molar-refractivity contribution in [3.8, 4) is 5.75 Å². The van der Waals surface area contributed by atoms with E-state index in [0.717, 1.165) is 0 Å². The quantitative estimate of drug-likeness (QED) is 0.344. The fraction of sp³-hybridized carbons (Fsp3) is 0.364. The summed E-state index contributed by atoms with van der Waals surface area (Å²) in [5.74, 6) is 0.144. The number of carbonyl (C=O) groups is 1. The van der Waals surface area contributed by atoms with Gasteiger partial charge in [0.25, 0.3) is 0 Å². The largest absolute Gasteiger partial charge is 0.490 e. The van der Waals surface area contributed by atoms with Gasteiger partial charge in [-0.2, -0.15) is 0 Å². The number of halogens is 1. The summed E-state index contributed by atoms with van der Waals surface area (Å²) in [6.07, 6.45) is -0.603. The molecule has 0 N–H and O–H groups in total. The van der Waals surface area contributed by atoms with E-state index in [4.69, 9.17) is 26.6 Å². The third-order valence-electron chi connectivity index (χ3n) is 1.93. The average molecular weight is 270 g/mol. The Hall–Kier alpha value is -1.91. The molecule has 1 atom stereocenters. The lowest BCUT2D eigenvalue weighted by molar-refractivity contribution is -0.147. The van der Waals surface area contributed by atoms with Gasteiger partial charge in [-0.05, 0) is 29.8 Å². The number of hydrogen-bond acceptors (Lipinski definition) is 4. The van der Waals surface area contributed by atoms with E-state index >= 15 is 0 Å². The second-order valence-corrected chi connectivity index (χ2v) is 3.85. The van der Waals surface area contributed by atoms with E-state index in [-0.39, 0.29) is 13.2 Å². The minimum atomic E-state index is -0.603. The number of ether oxygens (including phenoxy) is 2. The van der Waals surface area contributed by atoms with E-state index in [1.165, 1.54) is 6.92 Å². The smallest absolute Gasteiger partial charge is 0.303 e. The third kappa shape index (κ3) is 5.43. The van der Waals surface area contributed by atoms with Crippen LogP contribution >= 0.6 is 11.6 Å². The predicted molar refractivity (Wildman–Crippen MR) is 66.5 cm³/mol. The van der Waals surface area contributed by atoms with Crippen LogP contribution in [0.15, 0.2) is 29.4 Å². The normalized spacial score (nSPS) is 11.2. The number of nitrogens with zero attached hydrogens (tertiary/aromatic N) is 3. The van der Waals surface area contributed by atoms with E-state index in [1.54, 1.807) is 24.3 Å². The summed E-state index contributed by atoms with van der Waals surface area (Å²) >= 11 is 5.73. The van der Waals surface area contributed by atoms with Crippen LogP contribution in [0.25, 0.3) is 10.4 Å². The van der Waals surface area contributed by atoms with Gasteiger partial charge >= 0.3 is 5.97 Å². The molecule has 1 rings (SSSR count). The van der Waals surface area contributed by atoms with Crippen molar-refractivity contribution in [2.24, 2.45) is 5.11 Å². The fourth-order valence-electron chi connectivity index (χ4n) is 1.21. The van der Waals surface area contributed by atoms with Crippen molar-refractivity contribution in [2.45, 2.75) is 13.0 Å². The van der Waals surface area contributed by atoms with Crippen molar-refractivity contribution in [1.29, 1.82) is 0 Å². The van der Waals surface area contributed by atoms with E-state index < -0.39 is 12.1 Å². The predicted octanol–water partition coefficient (Wildman–Crippen LogP) is 2.96. The first kappa shape index (κ1) is 14.2. The fourth-order valence-corrected chi connectivity index (χ4v) is 1.33. The van der Waals surface area contributed by atoms with Crippen LogP contribution in [0.2, 0.25) is 5.02 Å². The van der Waals surface area contributed by atoms with Gasteiger partial charge < -0.3 is 9.47 Å². The molecule has 0 radical (unpaired) electrons. The van der Waals surface area contributed by atoms with Crippen LogP contribution in [0.1, 0.15) is 6.92 Å². The first-order valence-electron chi connectivity index (χ1n) is 5.18. The third-order valence-corrected chi connectivity index (χ3v) is 2.18. The monoisotopic (exact) mass is 269 g/mol. The van der Waals surface area contributed by atoms with Crippen molar-refractivity contribution in [3.63, 3.8) is 0 Å². The van der Waals surface area contributed by atoms with Gasteiger partial charge in [0.05, 0.1) is 6.54 Å². The molecular formula is C11H12ClN3O3. The molecule has 0 fully saturated rings.